The van der Waals surface area contributed by atoms with Crippen LogP contribution in [0.2, 0.25) is 0 Å². The van der Waals surface area contributed by atoms with Gasteiger partial charge in [-0.15, -0.1) is 0 Å². The van der Waals surface area contributed by atoms with E-state index < -0.39 is 17.7 Å². The van der Waals surface area contributed by atoms with Gasteiger partial charge >= 0.3 is 6.18 Å². The second-order valence-corrected chi connectivity index (χ2v) is 2.37. The first-order valence-electron chi connectivity index (χ1n) is 3.47. The van der Waals surface area contributed by atoms with E-state index in [4.69, 9.17) is 5.11 Å². The summed E-state index contributed by atoms with van der Waals surface area (Å²) >= 11 is 0. The van der Waals surface area contributed by atoms with Gasteiger partial charge in [-0.25, -0.2) is 0 Å². The van der Waals surface area contributed by atoms with Gasteiger partial charge in [-0.2, -0.15) is 13.2 Å². The Morgan fingerprint density at radius 2 is 2.14 bits per heavy atom. The van der Waals surface area contributed by atoms with Gasteiger partial charge < -0.3 is 9.52 Å². The molecule has 0 radical (unpaired) electrons. The van der Waals surface area contributed by atoms with Crippen molar-refractivity contribution in [2.45, 2.75) is 6.18 Å². The molecule has 0 aliphatic carbocycles. The Bertz CT molecular complexity index is 348. The summed E-state index contributed by atoms with van der Waals surface area (Å²) in [5, 5.41) is 8.99. The van der Waals surface area contributed by atoms with Gasteiger partial charge in [0.2, 0.25) is 0 Å². The van der Waals surface area contributed by atoms with E-state index in [1.54, 1.807) is 0 Å². The Labute approximate surface area is 76.4 Å². The molecule has 0 amide bonds. The molecule has 0 aromatic carbocycles. The van der Waals surface area contributed by atoms with Crippen LogP contribution < -0.4 is 0 Å². The Morgan fingerprint density at radius 1 is 1.50 bits per heavy atom. The summed E-state index contributed by atoms with van der Waals surface area (Å²) in [4.78, 5) is 10.4. The van der Waals surface area contributed by atoms with Crippen LogP contribution in [0.5, 0.6) is 0 Å². The number of carbonyl (C=O) groups excluding carboxylic acids is 1. The van der Waals surface area contributed by atoms with Gasteiger partial charge in [0.1, 0.15) is 0 Å². The van der Waals surface area contributed by atoms with Gasteiger partial charge in [0.15, 0.2) is 11.5 Å². The van der Waals surface area contributed by atoms with Crippen molar-refractivity contribution in [1.82, 2.24) is 0 Å². The molecule has 6 heteroatoms. The fraction of sp³-hybridized carbons (Fsp3) is 0.125. The minimum Gasteiger partial charge on any atom is -0.504 e. The van der Waals surface area contributed by atoms with E-state index in [0.717, 1.165) is 6.26 Å². The molecular weight excluding hydrogens is 201 g/mol. The van der Waals surface area contributed by atoms with Crippen LogP contribution in [0.3, 0.4) is 0 Å². The summed E-state index contributed by atoms with van der Waals surface area (Å²) in [6, 6.07) is 2.60. The fourth-order valence-corrected chi connectivity index (χ4v) is 0.701. The minimum atomic E-state index is -4.99. The molecule has 0 unspecified atom stereocenters. The largest absolute Gasteiger partial charge is 0.504 e. The predicted octanol–water partition coefficient (Wildman–Crippen LogP) is 2.31. The number of hydrogen-bond donors (Lipinski definition) is 1. The maximum atomic E-state index is 11.7. The molecule has 1 aromatic heterocycles. The van der Waals surface area contributed by atoms with E-state index in [9.17, 15) is 18.0 Å². The molecule has 1 N–H and O–H groups in total. The zero-order chi connectivity index (χ0) is 10.8. The molecule has 14 heavy (non-hydrogen) atoms. The zero-order valence-corrected chi connectivity index (χ0v) is 6.71. The predicted molar refractivity (Wildman–Crippen MR) is 40.4 cm³/mol. The van der Waals surface area contributed by atoms with Crippen LogP contribution >= 0.6 is 0 Å². The van der Waals surface area contributed by atoms with Crippen LogP contribution in [0.4, 0.5) is 13.2 Å². The first kappa shape index (κ1) is 10.4. The van der Waals surface area contributed by atoms with Gasteiger partial charge in [0.25, 0.3) is 5.78 Å². The van der Waals surface area contributed by atoms with Gasteiger partial charge in [0, 0.05) is 6.08 Å². The zero-order valence-electron chi connectivity index (χ0n) is 6.71. The van der Waals surface area contributed by atoms with Crippen LogP contribution in [0, 0.1) is 0 Å². The average Bonchev–Trinajstić information content (AvgIpc) is 2.53. The van der Waals surface area contributed by atoms with Crippen LogP contribution in [0.15, 0.2) is 28.9 Å². The maximum absolute atomic E-state index is 11.7. The van der Waals surface area contributed by atoms with Crippen LogP contribution in [-0.4, -0.2) is 17.1 Å². The number of carbonyl (C=O) groups is 1. The number of hydrogen-bond acceptors (Lipinski definition) is 3. The van der Waals surface area contributed by atoms with Gasteiger partial charge in [-0.1, -0.05) is 0 Å². The van der Waals surface area contributed by atoms with Gasteiger partial charge in [0.05, 0.1) is 6.26 Å². The molecule has 0 saturated carbocycles. The third-order valence-corrected chi connectivity index (χ3v) is 1.32. The molecule has 0 bridgehead atoms. The number of aliphatic hydroxyl groups excluding tert-OH is 1. The Kier molecular flexibility index (Phi) is 2.64. The summed E-state index contributed by atoms with van der Waals surface area (Å²) in [7, 11) is 0. The molecule has 0 fully saturated rings. The molecule has 76 valence electrons. The molecule has 0 spiro atoms. The molecule has 1 rings (SSSR count). The summed E-state index contributed by atoms with van der Waals surface area (Å²) in [5.41, 5.74) is 0. The number of aliphatic hydroxyl groups is 1. The van der Waals surface area contributed by atoms with Crippen molar-refractivity contribution in [3.05, 3.63) is 30.2 Å². The smallest absolute Gasteiger partial charge is 0.454 e. The highest BCUT2D eigenvalue weighted by Gasteiger charge is 2.37. The van der Waals surface area contributed by atoms with Crippen molar-refractivity contribution in [2.75, 3.05) is 0 Å². The van der Waals surface area contributed by atoms with E-state index in [1.807, 2.05) is 0 Å². The lowest BCUT2D eigenvalue weighted by Gasteiger charge is -2.00. The lowest BCUT2D eigenvalue weighted by atomic mass is 10.3. The Morgan fingerprint density at radius 3 is 2.57 bits per heavy atom. The minimum absolute atomic E-state index is 0.0683. The number of alkyl halides is 3. The fourth-order valence-electron chi connectivity index (χ4n) is 0.701. The summed E-state index contributed by atoms with van der Waals surface area (Å²) in [5.74, 6) is -3.17. The molecule has 1 aromatic rings. The second-order valence-electron chi connectivity index (χ2n) is 2.37. The van der Waals surface area contributed by atoms with E-state index in [1.165, 1.54) is 12.1 Å². The molecule has 0 saturated heterocycles. The standard InChI is InChI=1S/C8H5F3O3/c9-8(10,11)7(13)4-5(12)6-2-1-3-14-6/h1-4,12H. The number of allylic oxidation sites excluding steroid dienone is 1. The van der Waals surface area contributed by atoms with Crippen molar-refractivity contribution in [3.8, 4) is 0 Å². The van der Waals surface area contributed by atoms with Crippen LogP contribution in [0.1, 0.15) is 5.76 Å². The van der Waals surface area contributed by atoms with Crippen molar-refractivity contribution in [1.29, 1.82) is 0 Å². The maximum Gasteiger partial charge on any atom is 0.454 e. The average molecular weight is 206 g/mol. The first-order valence-corrected chi connectivity index (χ1v) is 3.47. The topological polar surface area (TPSA) is 50.4 Å². The van der Waals surface area contributed by atoms with Crippen molar-refractivity contribution in [3.63, 3.8) is 0 Å². The number of halogens is 3. The third-order valence-electron chi connectivity index (χ3n) is 1.32. The highest BCUT2D eigenvalue weighted by Crippen LogP contribution is 2.19. The number of furan rings is 1. The highest BCUT2D eigenvalue weighted by atomic mass is 19.4. The van der Waals surface area contributed by atoms with Crippen LogP contribution in [0.25, 0.3) is 5.76 Å². The molecule has 0 aliphatic rings. The first-order chi connectivity index (χ1) is 6.41. The summed E-state index contributed by atoms with van der Waals surface area (Å²) in [6.45, 7) is 0. The summed E-state index contributed by atoms with van der Waals surface area (Å²) in [6.07, 6.45) is -3.75. The molecule has 1 heterocycles. The second kappa shape index (κ2) is 3.57. The molecule has 0 atom stereocenters. The van der Waals surface area contributed by atoms with Crippen molar-refractivity contribution >= 4 is 11.5 Å². The lowest BCUT2D eigenvalue weighted by molar-refractivity contribution is -0.165. The van der Waals surface area contributed by atoms with Crippen LogP contribution in [-0.2, 0) is 4.79 Å². The normalized spacial score (nSPS) is 12.9. The quantitative estimate of drug-likeness (QED) is 0.596. The number of ketones is 1. The SMILES string of the molecule is O=C(C=C(O)c1ccco1)C(F)(F)F. The Balaban J connectivity index is 2.85. The third kappa shape index (κ3) is 2.38. The molecule has 0 aliphatic heterocycles. The lowest BCUT2D eigenvalue weighted by Crippen LogP contribution is -2.20. The van der Waals surface area contributed by atoms with E-state index in [2.05, 4.69) is 4.42 Å². The summed E-state index contributed by atoms with van der Waals surface area (Å²) < 4.78 is 39.7. The van der Waals surface area contributed by atoms with E-state index >= 15 is 0 Å². The molecular formula is C8H5F3O3. The van der Waals surface area contributed by atoms with Crippen molar-refractivity contribution in [2.24, 2.45) is 0 Å². The molecule has 3 nitrogen and oxygen atoms in total. The monoisotopic (exact) mass is 206 g/mol. The van der Waals surface area contributed by atoms with Gasteiger partial charge in [-0.05, 0) is 12.1 Å². The highest BCUT2D eigenvalue weighted by molar-refractivity contribution is 5.98. The van der Waals surface area contributed by atoms with E-state index in [-0.39, 0.29) is 11.8 Å². The van der Waals surface area contributed by atoms with Gasteiger partial charge in [-0.3, -0.25) is 4.79 Å². The van der Waals surface area contributed by atoms with Crippen molar-refractivity contribution < 1.29 is 27.5 Å². The number of rotatable bonds is 2. The Hall–Kier alpha value is -1.72. The van der Waals surface area contributed by atoms with E-state index in [0.29, 0.717) is 0 Å².